The summed E-state index contributed by atoms with van der Waals surface area (Å²) in [5, 5.41) is 1.03. The number of benzene rings is 1. The van der Waals surface area contributed by atoms with E-state index >= 15 is 0 Å². The number of nitrogens with zero attached hydrogens (tertiary/aromatic N) is 1. The first-order valence-corrected chi connectivity index (χ1v) is 5.37. The number of carbonyl (C=O) groups excluding carboxylic acids is 1. The molecule has 0 amide bonds. The number of hydrogen-bond acceptors (Lipinski definition) is 2. The SMILES string of the molecule is O=Cc1ccccc1-c1ccnc2[nH]ccc12. The molecule has 2 aromatic heterocycles. The van der Waals surface area contributed by atoms with E-state index in [0.29, 0.717) is 5.56 Å². The predicted molar refractivity (Wildman–Crippen MR) is 66.9 cm³/mol. The van der Waals surface area contributed by atoms with Crippen molar-refractivity contribution in [2.75, 3.05) is 0 Å². The number of carbonyl (C=O) groups is 1. The summed E-state index contributed by atoms with van der Waals surface area (Å²) in [5.74, 6) is 0. The van der Waals surface area contributed by atoms with Crippen LogP contribution in [-0.4, -0.2) is 16.3 Å². The lowest BCUT2D eigenvalue weighted by molar-refractivity contribution is 0.112. The molecule has 0 saturated carbocycles. The van der Waals surface area contributed by atoms with Crippen molar-refractivity contribution in [2.24, 2.45) is 0 Å². The fourth-order valence-electron chi connectivity index (χ4n) is 2.04. The molecule has 1 N–H and O–H groups in total. The Balaban J connectivity index is 2.34. The van der Waals surface area contributed by atoms with E-state index in [2.05, 4.69) is 9.97 Å². The predicted octanol–water partition coefficient (Wildman–Crippen LogP) is 3.04. The second kappa shape index (κ2) is 3.87. The van der Waals surface area contributed by atoms with Gasteiger partial charge in [0, 0.05) is 23.3 Å². The summed E-state index contributed by atoms with van der Waals surface area (Å²) in [6.07, 6.45) is 4.48. The van der Waals surface area contributed by atoms with Gasteiger partial charge in [-0.3, -0.25) is 4.79 Å². The lowest BCUT2D eigenvalue weighted by Crippen LogP contribution is -1.88. The van der Waals surface area contributed by atoms with E-state index in [1.54, 1.807) is 6.20 Å². The first kappa shape index (κ1) is 9.78. The molecule has 0 radical (unpaired) electrons. The average molecular weight is 222 g/mol. The van der Waals surface area contributed by atoms with Gasteiger partial charge >= 0.3 is 0 Å². The minimum Gasteiger partial charge on any atom is -0.346 e. The van der Waals surface area contributed by atoms with Crippen LogP contribution in [-0.2, 0) is 0 Å². The Morgan fingerprint density at radius 1 is 1.06 bits per heavy atom. The van der Waals surface area contributed by atoms with E-state index in [1.807, 2.05) is 42.6 Å². The van der Waals surface area contributed by atoms with Gasteiger partial charge in [0.1, 0.15) is 5.65 Å². The largest absolute Gasteiger partial charge is 0.346 e. The highest BCUT2D eigenvalue weighted by atomic mass is 16.1. The monoisotopic (exact) mass is 222 g/mol. The number of aldehydes is 1. The molecule has 0 unspecified atom stereocenters. The molecule has 0 spiro atoms. The molecule has 3 heteroatoms. The van der Waals surface area contributed by atoms with Crippen molar-refractivity contribution in [1.29, 1.82) is 0 Å². The smallest absolute Gasteiger partial charge is 0.150 e. The van der Waals surface area contributed by atoms with Gasteiger partial charge in [0.25, 0.3) is 0 Å². The van der Waals surface area contributed by atoms with Gasteiger partial charge in [-0.1, -0.05) is 24.3 Å². The van der Waals surface area contributed by atoms with Crippen LogP contribution < -0.4 is 0 Å². The third kappa shape index (κ3) is 1.52. The lowest BCUT2D eigenvalue weighted by atomic mass is 9.99. The second-order valence-corrected chi connectivity index (χ2v) is 3.80. The van der Waals surface area contributed by atoms with Crippen molar-refractivity contribution in [3.63, 3.8) is 0 Å². The van der Waals surface area contributed by atoms with Gasteiger partial charge in [-0.25, -0.2) is 4.98 Å². The minimum absolute atomic E-state index is 0.696. The third-order valence-electron chi connectivity index (χ3n) is 2.84. The molecule has 0 aliphatic carbocycles. The van der Waals surface area contributed by atoms with Crippen LogP contribution in [0.3, 0.4) is 0 Å². The number of hydrogen-bond donors (Lipinski definition) is 1. The first-order chi connectivity index (χ1) is 8.40. The van der Waals surface area contributed by atoms with Crippen LogP contribution >= 0.6 is 0 Å². The summed E-state index contributed by atoms with van der Waals surface area (Å²) in [6.45, 7) is 0. The Hall–Kier alpha value is -2.42. The van der Waals surface area contributed by atoms with E-state index in [4.69, 9.17) is 0 Å². The summed E-state index contributed by atoms with van der Waals surface area (Å²) in [6, 6.07) is 11.5. The van der Waals surface area contributed by atoms with Crippen LogP contribution in [0.2, 0.25) is 0 Å². The first-order valence-electron chi connectivity index (χ1n) is 5.37. The van der Waals surface area contributed by atoms with Crippen molar-refractivity contribution in [3.05, 3.63) is 54.4 Å². The van der Waals surface area contributed by atoms with Gasteiger partial charge in [-0.15, -0.1) is 0 Å². The normalized spacial score (nSPS) is 10.6. The molecule has 0 bridgehead atoms. The van der Waals surface area contributed by atoms with Crippen LogP contribution in [0.25, 0.3) is 22.2 Å². The zero-order valence-corrected chi connectivity index (χ0v) is 9.05. The van der Waals surface area contributed by atoms with E-state index in [9.17, 15) is 4.79 Å². The zero-order chi connectivity index (χ0) is 11.7. The van der Waals surface area contributed by atoms with E-state index < -0.39 is 0 Å². The quantitative estimate of drug-likeness (QED) is 0.677. The van der Waals surface area contributed by atoms with Crippen molar-refractivity contribution in [3.8, 4) is 11.1 Å². The maximum absolute atomic E-state index is 11.1. The number of H-pyrrole nitrogens is 1. The van der Waals surface area contributed by atoms with Crippen LogP contribution in [0.15, 0.2) is 48.8 Å². The zero-order valence-electron chi connectivity index (χ0n) is 9.05. The molecule has 1 aromatic carbocycles. The van der Waals surface area contributed by atoms with Crippen LogP contribution in [0.4, 0.5) is 0 Å². The van der Waals surface area contributed by atoms with Gasteiger partial charge in [-0.2, -0.15) is 0 Å². The van der Waals surface area contributed by atoms with Crippen molar-refractivity contribution >= 4 is 17.3 Å². The van der Waals surface area contributed by atoms with E-state index in [0.717, 1.165) is 28.4 Å². The number of nitrogens with one attached hydrogen (secondary N) is 1. The number of aromatic nitrogens is 2. The molecule has 0 fully saturated rings. The van der Waals surface area contributed by atoms with E-state index in [-0.39, 0.29) is 0 Å². The molecule has 3 rings (SSSR count). The highest BCUT2D eigenvalue weighted by Gasteiger charge is 2.08. The number of pyridine rings is 1. The van der Waals surface area contributed by atoms with Crippen LogP contribution in [0, 0.1) is 0 Å². The summed E-state index contributed by atoms with van der Waals surface area (Å²) < 4.78 is 0. The molecule has 82 valence electrons. The third-order valence-corrected chi connectivity index (χ3v) is 2.84. The Kier molecular flexibility index (Phi) is 2.22. The molecule has 0 saturated heterocycles. The molecular weight excluding hydrogens is 212 g/mol. The molecule has 3 nitrogen and oxygen atoms in total. The molecule has 3 aromatic rings. The maximum atomic E-state index is 11.1. The fourth-order valence-corrected chi connectivity index (χ4v) is 2.04. The maximum Gasteiger partial charge on any atom is 0.150 e. The average Bonchev–Trinajstić information content (AvgIpc) is 2.86. The topological polar surface area (TPSA) is 45.8 Å². The summed E-state index contributed by atoms with van der Waals surface area (Å²) in [4.78, 5) is 18.4. The van der Waals surface area contributed by atoms with Gasteiger partial charge < -0.3 is 4.98 Å². The van der Waals surface area contributed by atoms with Gasteiger partial charge in [0.15, 0.2) is 6.29 Å². The van der Waals surface area contributed by atoms with Gasteiger partial charge in [0.2, 0.25) is 0 Å². The Morgan fingerprint density at radius 2 is 1.94 bits per heavy atom. The number of rotatable bonds is 2. The van der Waals surface area contributed by atoms with E-state index in [1.165, 1.54) is 0 Å². The highest BCUT2D eigenvalue weighted by Crippen LogP contribution is 2.28. The van der Waals surface area contributed by atoms with Crippen molar-refractivity contribution < 1.29 is 4.79 Å². The van der Waals surface area contributed by atoms with Crippen molar-refractivity contribution in [2.45, 2.75) is 0 Å². The second-order valence-electron chi connectivity index (χ2n) is 3.80. The molecule has 2 heterocycles. The molecule has 0 atom stereocenters. The Bertz CT molecular complexity index is 685. The minimum atomic E-state index is 0.696. The molecule has 17 heavy (non-hydrogen) atoms. The number of aromatic amines is 1. The summed E-state index contributed by atoms with van der Waals surface area (Å²) in [5.41, 5.74) is 3.50. The standard InChI is InChI=1S/C14H10N2O/c17-9-10-3-1-2-4-11(10)12-5-7-15-14-13(12)6-8-16-14/h1-9H,(H,15,16). The Morgan fingerprint density at radius 3 is 2.82 bits per heavy atom. The summed E-state index contributed by atoms with van der Waals surface area (Å²) in [7, 11) is 0. The molecule has 0 aliphatic heterocycles. The number of fused-ring (bicyclic) bond motifs is 1. The van der Waals surface area contributed by atoms with Gasteiger partial charge in [-0.05, 0) is 23.3 Å². The lowest BCUT2D eigenvalue weighted by Gasteiger charge is -2.05. The van der Waals surface area contributed by atoms with Gasteiger partial charge in [0.05, 0.1) is 0 Å². The summed E-state index contributed by atoms with van der Waals surface area (Å²) >= 11 is 0. The van der Waals surface area contributed by atoms with Crippen molar-refractivity contribution in [1.82, 2.24) is 9.97 Å². The molecular formula is C14H10N2O. The fraction of sp³-hybridized carbons (Fsp3) is 0. The Labute approximate surface area is 98.1 Å². The highest BCUT2D eigenvalue weighted by molar-refractivity contribution is 5.98. The van der Waals surface area contributed by atoms with Crippen LogP contribution in [0.5, 0.6) is 0 Å². The molecule has 0 aliphatic rings. The van der Waals surface area contributed by atoms with Crippen LogP contribution in [0.1, 0.15) is 10.4 Å².